The molecule has 1 unspecified atom stereocenters. The average Bonchev–Trinajstić information content (AvgIpc) is 3.24. The lowest BCUT2D eigenvalue weighted by Gasteiger charge is -2.21. The average molecular weight is 491 g/mol. The Bertz CT molecular complexity index is 1470. The van der Waals surface area contributed by atoms with Gasteiger partial charge in [-0.25, -0.2) is 9.97 Å². The second-order valence-electron chi connectivity index (χ2n) is 8.88. The van der Waals surface area contributed by atoms with Crippen LogP contribution in [-0.4, -0.2) is 37.7 Å². The molecule has 0 fully saturated rings. The first-order valence-corrected chi connectivity index (χ1v) is 12.0. The van der Waals surface area contributed by atoms with Gasteiger partial charge in [-0.1, -0.05) is 24.3 Å². The second kappa shape index (κ2) is 10.4. The number of benzene rings is 2. The second-order valence-corrected chi connectivity index (χ2v) is 8.88. The van der Waals surface area contributed by atoms with E-state index in [1.807, 2.05) is 68.5 Å². The number of nitrogens with zero attached hydrogens (tertiary/aromatic N) is 4. The van der Waals surface area contributed by atoms with E-state index in [0.717, 1.165) is 28.1 Å². The lowest BCUT2D eigenvalue weighted by Crippen LogP contribution is -2.31. The molecule has 184 valence electrons. The van der Waals surface area contributed by atoms with Gasteiger partial charge in [0.2, 0.25) is 11.9 Å². The fraction of sp³-hybridized carbons (Fsp3) is 0.138. The van der Waals surface area contributed by atoms with E-state index < -0.39 is 0 Å². The predicted octanol–water partition coefficient (Wildman–Crippen LogP) is 5.13. The van der Waals surface area contributed by atoms with E-state index in [1.165, 1.54) is 0 Å². The van der Waals surface area contributed by atoms with Crippen molar-refractivity contribution < 1.29 is 9.59 Å². The number of carbonyl (C=O) groups excluding carboxylic acids is 2. The van der Waals surface area contributed by atoms with E-state index in [9.17, 15) is 9.59 Å². The van der Waals surface area contributed by atoms with E-state index in [1.54, 1.807) is 41.7 Å². The number of hydrogen-bond donors (Lipinski definition) is 2. The third kappa shape index (κ3) is 5.54. The molecular weight excluding hydrogens is 464 g/mol. The third-order valence-corrected chi connectivity index (χ3v) is 6.22. The van der Waals surface area contributed by atoms with Gasteiger partial charge in [-0.3, -0.25) is 14.6 Å². The number of nitrogens with one attached hydrogen (secondary N) is 2. The zero-order valence-electron chi connectivity index (χ0n) is 20.6. The lowest BCUT2D eigenvalue weighted by atomic mass is 10.1. The van der Waals surface area contributed by atoms with Gasteiger partial charge in [0.25, 0.3) is 5.91 Å². The highest BCUT2D eigenvalue weighted by Crippen LogP contribution is 2.25. The molecule has 0 saturated carbocycles. The summed E-state index contributed by atoms with van der Waals surface area (Å²) in [5.74, 6) is 0.236. The molecule has 2 aromatic heterocycles. The quantitative estimate of drug-likeness (QED) is 0.373. The standard InChI is InChI=1S/C29H26N6O2/c1-19-5-11-24(16-26(19)34-29-31-15-13-25(33-29)23-4-3-14-30-17-23)32-28(37)22-9-7-21(8-10-22)18-35-20(2)6-12-27(35)36/h3-17,20H,18H2,1-2H3,(H,32,37)(H,31,33,34). The Morgan fingerprint density at radius 2 is 1.89 bits per heavy atom. The van der Waals surface area contributed by atoms with Crippen LogP contribution in [0.5, 0.6) is 0 Å². The molecule has 0 bridgehead atoms. The molecule has 1 aliphatic heterocycles. The summed E-state index contributed by atoms with van der Waals surface area (Å²) in [5.41, 5.74) is 5.58. The van der Waals surface area contributed by atoms with Gasteiger partial charge in [0.05, 0.1) is 5.69 Å². The van der Waals surface area contributed by atoms with Gasteiger partial charge in [-0.15, -0.1) is 0 Å². The zero-order chi connectivity index (χ0) is 25.8. The minimum absolute atomic E-state index is 0.00676. The van der Waals surface area contributed by atoms with Crippen LogP contribution in [0.2, 0.25) is 0 Å². The summed E-state index contributed by atoms with van der Waals surface area (Å²) in [7, 11) is 0. The van der Waals surface area contributed by atoms with E-state index in [2.05, 4.69) is 25.6 Å². The Morgan fingerprint density at radius 1 is 1.05 bits per heavy atom. The molecule has 4 aromatic rings. The molecule has 2 N–H and O–H groups in total. The van der Waals surface area contributed by atoms with Gasteiger partial charge in [-0.05, 0) is 67.4 Å². The topological polar surface area (TPSA) is 100 Å². The fourth-order valence-corrected chi connectivity index (χ4v) is 4.05. The van der Waals surface area contributed by atoms with Crippen LogP contribution >= 0.6 is 0 Å². The molecule has 2 amide bonds. The van der Waals surface area contributed by atoms with Crippen molar-refractivity contribution in [1.82, 2.24) is 19.9 Å². The van der Waals surface area contributed by atoms with Gasteiger partial charge < -0.3 is 15.5 Å². The normalized spacial score (nSPS) is 14.6. The third-order valence-electron chi connectivity index (χ3n) is 6.22. The molecule has 5 rings (SSSR count). The summed E-state index contributed by atoms with van der Waals surface area (Å²) in [4.78, 5) is 39.7. The molecule has 0 radical (unpaired) electrons. The Morgan fingerprint density at radius 3 is 2.62 bits per heavy atom. The largest absolute Gasteiger partial charge is 0.329 e. The number of anilines is 3. The highest BCUT2D eigenvalue weighted by molar-refractivity contribution is 6.04. The number of amides is 2. The maximum atomic E-state index is 12.9. The number of pyridine rings is 1. The molecule has 8 heteroatoms. The van der Waals surface area contributed by atoms with E-state index in [4.69, 9.17) is 0 Å². The summed E-state index contributed by atoms with van der Waals surface area (Å²) in [5, 5.41) is 6.21. The van der Waals surface area contributed by atoms with Crippen LogP contribution in [0.25, 0.3) is 11.3 Å². The number of aromatic nitrogens is 3. The highest BCUT2D eigenvalue weighted by atomic mass is 16.2. The Kier molecular flexibility index (Phi) is 6.72. The molecule has 3 heterocycles. The molecule has 0 aliphatic carbocycles. The summed E-state index contributed by atoms with van der Waals surface area (Å²) in [6.07, 6.45) is 8.65. The first-order valence-electron chi connectivity index (χ1n) is 12.0. The van der Waals surface area contributed by atoms with Gasteiger partial charge in [-0.2, -0.15) is 0 Å². The van der Waals surface area contributed by atoms with Crippen molar-refractivity contribution in [2.75, 3.05) is 10.6 Å². The molecule has 2 aromatic carbocycles. The summed E-state index contributed by atoms with van der Waals surface area (Å²) in [6.45, 7) is 4.46. The van der Waals surface area contributed by atoms with Crippen LogP contribution in [0.3, 0.4) is 0 Å². The Hall–Kier alpha value is -4.85. The van der Waals surface area contributed by atoms with Crippen LogP contribution in [0, 0.1) is 6.92 Å². The molecule has 1 aliphatic rings. The number of hydrogen-bond acceptors (Lipinski definition) is 6. The lowest BCUT2D eigenvalue weighted by molar-refractivity contribution is -0.126. The minimum atomic E-state index is -0.219. The number of carbonyl (C=O) groups is 2. The molecule has 0 saturated heterocycles. The predicted molar refractivity (Wildman–Crippen MR) is 143 cm³/mol. The molecular formula is C29H26N6O2. The van der Waals surface area contributed by atoms with Crippen molar-refractivity contribution in [3.63, 3.8) is 0 Å². The van der Waals surface area contributed by atoms with Crippen LogP contribution < -0.4 is 10.6 Å². The summed E-state index contributed by atoms with van der Waals surface area (Å²) < 4.78 is 0. The number of rotatable bonds is 7. The first kappa shape index (κ1) is 23.9. The smallest absolute Gasteiger partial charge is 0.255 e. The van der Waals surface area contributed by atoms with Crippen molar-refractivity contribution in [2.24, 2.45) is 0 Å². The zero-order valence-corrected chi connectivity index (χ0v) is 20.6. The molecule has 1 atom stereocenters. The maximum Gasteiger partial charge on any atom is 0.255 e. The monoisotopic (exact) mass is 490 g/mol. The van der Waals surface area contributed by atoms with E-state index in [-0.39, 0.29) is 17.9 Å². The molecule has 0 spiro atoms. The van der Waals surface area contributed by atoms with Crippen molar-refractivity contribution in [1.29, 1.82) is 0 Å². The van der Waals surface area contributed by atoms with Crippen LogP contribution in [0.4, 0.5) is 17.3 Å². The van der Waals surface area contributed by atoms with Crippen LogP contribution in [-0.2, 0) is 11.3 Å². The van der Waals surface area contributed by atoms with Gasteiger partial charge >= 0.3 is 0 Å². The van der Waals surface area contributed by atoms with Gasteiger partial charge in [0.15, 0.2) is 0 Å². The number of aryl methyl sites for hydroxylation is 1. The van der Waals surface area contributed by atoms with E-state index >= 15 is 0 Å². The SMILES string of the molecule is Cc1ccc(NC(=O)c2ccc(CN3C(=O)C=CC3C)cc2)cc1Nc1nccc(-c2cccnc2)n1. The Labute approximate surface area is 215 Å². The molecule has 8 nitrogen and oxygen atoms in total. The maximum absolute atomic E-state index is 12.9. The van der Waals surface area contributed by atoms with Crippen LogP contribution in [0.15, 0.2) is 91.4 Å². The van der Waals surface area contributed by atoms with Gasteiger partial charge in [0.1, 0.15) is 0 Å². The van der Waals surface area contributed by atoms with Crippen molar-refractivity contribution in [3.8, 4) is 11.3 Å². The van der Waals surface area contributed by atoms with Gasteiger partial charge in [0, 0.05) is 59.8 Å². The first-order chi connectivity index (χ1) is 18.0. The Balaban J connectivity index is 1.26. The summed E-state index contributed by atoms with van der Waals surface area (Å²) in [6, 6.07) is 18.6. The summed E-state index contributed by atoms with van der Waals surface area (Å²) >= 11 is 0. The molecule has 37 heavy (non-hydrogen) atoms. The minimum Gasteiger partial charge on any atom is -0.329 e. The highest BCUT2D eigenvalue weighted by Gasteiger charge is 2.22. The van der Waals surface area contributed by atoms with E-state index in [0.29, 0.717) is 23.7 Å². The van der Waals surface area contributed by atoms with Crippen molar-refractivity contribution in [2.45, 2.75) is 26.4 Å². The van der Waals surface area contributed by atoms with Crippen LogP contribution in [0.1, 0.15) is 28.4 Å². The van der Waals surface area contributed by atoms with Crippen molar-refractivity contribution >= 4 is 29.1 Å². The van der Waals surface area contributed by atoms with Crippen molar-refractivity contribution in [3.05, 3.63) is 108 Å². The fourth-order valence-electron chi connectivity index (χ4n) is 4.05.